The van der Waals surface area contributed by atoms with Crippen LogP contribution in [0, 0.1) is 0 Å². The second-order valence-electron chi connectivity index (χ2n) is 14.1. The van der Waals surface area contributed by atoms with Crippen molar-refractivity contribution in [1.82, 2.24) is 0 Å². The summed E-state index contributed by atoms with van der Waals surface area (Å²) in [6.07, 6.45) is 37.4. The lowest BCUT2D eigenvalue weighted by molar-refractivity contribution is 1.10. The van der Waals surface area contributed by atoms with E-state index in [4.69, 9.17) is 4.99 Å². The molecule has 0 aliphatic carbocycles. The molecule has 1 heterocycles. The predicted octanol–water partition coefficient (Wildman–Crippen LogP) is 16.5. The van der Waals surface area contributed by atoms with Crippen molar-refractivity contribution in [2.45, 2.75) is 41.5 Å². The Morgan fingerprint density at radius 2 is 1.30 bits per heavy atom. The summed E-state index contributed by atoms with van der Waals surface area (Å²) in [5.74, 6) is 4.36. The number of benzene rings is 4. The molecule has 4 aromatic carbocycles. The van der Waals surface area contributed by atoms with Crippen molar-refractivity contribution in [3.63, 3.8) is 0 Å². The van der Waals surface area contributed by atoms with Crippen molar-refractivity contribution in [3.8, 4) is 11.1 Å². The first kappa shape index (κ1) is 54.9. The van der Waals surface area contributed by atoms with Gasteiger partial charge in [-0.25, -0.2) is 0 Å². The van der Waals surface area contributed by atoms with Crippen molar-refractivity contribution in [2.24, 2.45) is 15.9 Å². The first-order valence-corrected chi connectivity index (χ1v) is 22.3. The first-order valence-electron chi connectivity index (χ1n) is 22.3. The van der Waals surface area contributed by atoms with Gasteiger partial charge in [-0.3, -0.25) is 4.99 Å². The average molecular weight is 887 g/mol. The van der Waals surface area contributed by atoms with Crippen molar-refractivity contribution in [2.75, 3.05) is 21.7 Å². The largest absolute Gasteiger partial charge is 0.355 e. The zero-order valence-electron chi connectivity index (χ0n) is 40.5. The highest BCUT2D eigenvalue weighted by Gasteiger charge is 2.26. The summed E-state index contributed by atoms with van der Waals surface area (Å²) in [7, 11) is 0. The number of nitrogens with one attached hydrogen (secondary N) is 1. The van der Waals surface area contributed by atoms with E-state index in [9.17, 15) is 0 Å². The SMILES string of the molecule is C/C=C\C.C=C/C=C\C(=C/C)N1/C=C\C=C/C(=C)C(=C)N(/C(C=C)=C/C=C\C)c2c(-c3ccccc3Nc3ccc(C(=NCC)c4ccccc4)cc3)cccc21.C=C/C=C\C=C/C.C=NN. The van der Waals surface area contributed by atoms with E-state index >= 15 is 0 Å². The molecule has 1 aliphatic rings. The van der Waals surface area contributed by atoms with Gasteiger partial charge in [-0.2, -0.15) is 5.10 Å². The van der Waals surface area contributed by atoms with Crippen molar-refractivity contribution in [1.29, 1.82) is 0 Å². The van der Waals surface area contributed by atoms with E-state index in [1.165, 1.54) is 0 Å². The Kier molecular flexibility index (Phi) is 26.6. The monoisotopic (exact) mass is 887 g/mol. The predicted molar refractivity (Wildman–Crippen MR) is 300 cm³/mol. The van der Waals surface area contributed by atoms with Gasteiger partial charge >= 0.3 is 0 Å². The van der Waals surface area contributed by atoms with Gasteiger partial charge in [0.15, 0.2) is 0 Å². The molecule has 0 fully saturated rings. The van der Waals surface area contributed by atoms with E-state index in [2.05, 4.69) is 170 Å². The summed E-state index contributed by atoms with van der Waals surface area (Å²) < 4.78 is 0. The third kappa shape index (κ3) is 17.4. The van der Waals surface area contributed by atoms with Gasteiger partial charge in [0.05, 0.1) is 17.1 Å². The third-order valence-electron chi connectivity index (χ3n) is 9.59. The van der Waals surface area contributed by atoms with Crippen LogP contribution in [0.15, 0.2) is 278 Å². The number of allylic oxidation sites excluding steroid dienone is 18. The number of rotatable bonds is 14. The summed E-state index contributed by atoms with van der Waals surface area (Å²) in [6.45, 7) is 36.4. The number of aliphatic imine (C=N–C) groups is 1. The molecule has 3 N–H and O–H groups in total. The van der Waals surface area contributed by atoms with Gasteiger partial charge in [0, 0.05) is 70.2 Å². The molecule has 4 aromatic rings. The summed E-state index contributed by atoms with van der Waals surface area (Å²) in [5, 5.41) is 6.48. The Balaban J connectivity index is 0.000000963. The lowest BCUT2D eigenvalue weighted by Crippen LogP contribution is -2.26. The van der Waals surface area contributed by atoms with Crippen LogP contribution < -0.4 is 21.0 Å². The molecule has 0 atom stereocenters. The average Bonchev–Trinajstić information content (AvgIpc) is 3.36. The van der Waals surface area contributed by atoms with Gasteiger partial charge < -0.3 is 21.0 Å². The topological polar surface area (TPSA) is 69.2 Å². The minimum absolute atomic E-state index is 0.705. The zero-order chi connectivity index (χ0) is 49.2. The van der Waals surface area contributed by atoms with Crippen LogP contribution in [0.3, 0.4) is 0 Å². The Morgan fingerprint density at radius 3 is 1.90 bits per heavy atom. The molecule has 0 spiro atoms. The number of nitrogens with zero attached hydrogens (tertiary/aromatic N) is 4. The lowest BCUT2D eigenvalue weighted by Gasteiger charge is -2.36. The molecule has 1 aliphatic heterocycles. The van der Waals surface area contributed by atoms with Gasteiger partial charge in [0.2, 0.25) is 0 Å². The third-order valence-corrected chi connectivity index (χ3v) is 9.59. The highest BCUT2D eigenvalue weighted by Crippen LogP contribution is 2.47. The summed E-state index contributed by atoms with van der Waals surface area (Å²) in [6, 6.07) is 33.6. The molecular formula is C61H70N6. The highest BCUT2D eigenvalue weighted by molar-refractivity contribution is 6.13. The van der Waals surface area contributed by atoms with Crippen LogP contribution in [0.5, 0.6) is 0 Å². The summed E-state index contributed by atoms with van der Waals surface area (Å²) in [5.41, 5.74) is 12.3. The van der Waals surface area contributed by atoms with Crippen molar-refractivity contribution < 1.29 is 0 Å². The van der Waals surface area contributed by atoms with E-state index in [0.717, 1.165) is 73.4 Å². The van der Waals surface area contributed by atoms with E-state index in [1.54, 1.807) is 12.2 Å². The van der Waals surface area contributed by atoms with Gasteiger partial charge in [0.1, 0.15) is 0 Å². The second-order valence-corrected chi connectivity index (χ2v) is 14.1. The maximum Gasteiger partial charge on any atom is 0.0782 e. The first-order chi connectivity index (χ1) is 32.7. The standard InChI is InChI=1S/C49H48N4.C7H10.C4H8.CH4N2/c1-8-13-26-42(10-3)52-36-21-20-23-37(6)38(7)53(43(11-4)27-14-9-2)49-45(29-22-31-47(49)52)44-28-18-19-30-46(44)51-41-34-32-40(33-35-41)48(50-12-5)39-24-16-15-17-25-39;1-3-5-7-6-4-2;1-3-4-2;1-3-2/h8-11,13-36,51H,1,4,6-7,12H2,2-3,5H3;3-7H,1H2,2H3;3-4H,1-2H3;1-2H2/b14-9-,23-20-,26-13-,36-21-,42-10+,43-27+,50-48?;6-4-,7-5-;4-3-;. The summed E-state index contributed by atoms with van der Waals surface area (Å²) >= 11 is 0. The number of para-hydroxylation sites is 2. The van der Waals surface area contributed by atoms with Crippen LogP contribution in [0.4, 0.5) is 22.7 Å². The molecule has 0 saturated heterocycles. The van der Waals surface area contributed by atoms with Crippen LogP contribution in [-0.4, -0.2) is 19.0 Å². The van der Waals surface area contributed by atoms with Gasteiger partial charge in [-0.1, -0.05) is 191 Å². The molecule has 0 bridgehead atoms. The minimum Gasteiger partial charge on any atom is -0.355 e. The fourth-order valence-electron chi connectivity index (χ4n) is 6.41. The van der Waals surface area contributed by atoms with E-state index < -0.39 is 0 Å². The number of fused-ring (bicyclic) bond motifs is 1. The second kappa shape index (κ2) is 32.4. The van der Waals surface area contributed by atoms with E-state index in [0.29, 0.717) is 6.54 Å². The van der Waals surface area contributed by atoms with Crippen LogP contribution in [0.1, 0.15) is 52.7 Å². The lowest BCUT2D eigenvalue weighted by atomic mass is 9.97. The molecule has 5 rings (SSSR count). The molecule has 6 nitrogen and oxygen atoms in total. The quantitative estimate of drug-likeness (QED) is 0.0435. The number of anilines is 4. The van der Waals surface area contributed by atoms with Gasteiger partial charge in [-0.15, -0.1) is 0 Å². The molecular weight excluding hydrogens is 817 g/mol. The number of hydrogen-bond acceptors (Lipinski definition) is 6. The normalized spacial score (nSPS) is 14.1. The number of hydrazone groups is 1. The Labute approximate surface area is 403 Å². The van der Waals surface area contributed by atoms with Crippen LogP contribution in [-0.2, 0) is 0 Å². The molecule has 0 radical (unpaired) electrons. The van der Waals surface area contributed by atoms with Gasteiger partial charge in [-0.05, 0) is 95.7 Å². The summed E-state index contributed by atoms with van der Waals surface area (Å²) in [4.78, 5) is 9.18. The Hall–Kier alpha value is -8.22. The maximum absolute atomic E-state index is 4.84. The molecule has 0 amide bonds. The molecule has 344 valence electrons. The molecule has 0 saturated carbocycles. The molecule has 6 heteroatoms. The molecule has 0 aromatic heterocycles. The maximum atomic E-state index is 4.84. The Morgan fingerprint density at radius 1 is 0.672 bits per heavy atom. The Bertz CT molecular complexity index is 2530. The van der Waals surface area contributed by atoms with Gasteiger partial charge in [0.25, 0.3) is 0 Å². The minimum atomic E-state index is 0.705. The fourth-order valence-corrected chi connectivity index (χ4v) is 6.41. The zero-order valence-corrected chi connectivity index (χ0v) is 40.5. The smallest absolute Gasteiger partial charge is 0.0782 e. The fraction of sp³-hybridized carbons (Fsp3) is 0.115. The van der Waals surface area contributed by atoms with Crippen LogP contribution >= 0.6 is 0 Å². The molecule has 0 unspecified atom stereocenters. The number of nitrogens with two attached hydrogens (primary N) is 1. The van der Waals surface area contributed by atoms with E-state index in [1.807, 2.05) is 138 Å². The highest BCUT2D eigenvalue weighted by atomic mass is 15.2. The van der Waals surface area contributed by atoms with Crippen molar-refractivity contribution >= 4 is 35.2 Å². The van der Waals surface area contributed by atoms with Crippen LogP contribution in [0.2, 0.25) is 0 Å². The number of hydrogen-bond donors (Lipinski definition) is 2. The van der Waals surface area contributed by atoms with Crippen LogP contribution in [0.25, 0.3) is 11.1 Å². The van der Waals surface area contributed by atoms with Crippen molar-refractivity contribution in [3.05, 3.63) is 279 Å². The van der Waals surface area contributed by atoms with E-state index in [-0.39, 0.29) is 0 Å². The molecule has 67 heavy (non-hydrogen) atoms.